The summed E-state index contributed by atoms with van der Waals surface area (Å²) < 4.78 is 16.8. The molecule has 0 unspecified atom stereocenters. The quantitative estimate of drug-likeness (QED) is 0.358. The molecule has 2 aliphatic carbocycles. The highest BCUT2D eigenvalue weighted by molar-refractivity contribution is 6.03. The van der Waals surface area contributed by atoms with Gasteiger partial charge in [-0.3, -0.25) is 4.79 Å². The molecule has 3 aliphatic rings. The number of Topliss-reactive ketones (excluding diaryl/α,β-unsaturated/α-hetero) is 1. The van der Waals surface area contributed by atoms with Crippen molar-refractivity contribution in [1.29, 1.82) is 0 Å². The molecule has 5 heteroatoms. The second kappa shape index (κ2) is 8.76. The van der Waals surface area contributed by atoms with Crippen LogP contribution < -0.4 is 4.74 Å². The van der Waals surface area contributed by atoms with Crippen molar-refractivity contribution >= 4 is 11.8 Å². The Hall–Kier alpha value is -2.40. The Labute approximate surface area is 178 Å². The zero-order valence-corrected chi connectivity index (χ0v) is 17.9. The lowest BCUT2D eigenvalue weighted by Gasteiger charge is -2.46. The predicted molar refractivity (Wildman–Crippen MR) is 114 cm³/mol. The number of fused-ring (bicyclic) bond motifs is 4. The van der Waals surface area contributed by atoms with Crippen LogP contribution in [0, 0.1) is 5.92 Å². The van der Waals surface area contributed by atoms with Gasteiger partial charge in [0.05, 0.1) is 12.2 Å². The van der Waals surface area contributed by atoms with Crippen molar-refractivity contribution in [2.45, 2.75) is 51.4 Å². The van der Waals surface area contributed by atoms with Crippen molar-refractivity contribution in [3.8, 4) is 5.75 Å². The van der Waals surface area contributed by atoms with Crippen LogP contribution in [0.4, 0.5) is 0 Å². The summed E-state index contributed by atoms with van der Waals surface area (Å²) in [6.45, 7) is 6.44. The third-order valence-corrected chi connectivity index (χ3v) is 6.74. The summed E-state index contributed by atoms with van der Waals surface area (Å²) in [5.74, 6) is 0.561. The maximum atomic E-state index is 13.1. The van der Waals surface area contributed by atoms with Crippen molar-refractivity contribution in [2.24, 2.45) is 5.92 Å². The van der Waals surface area contributed by atoms with Crippen molar-refractivity contribution in [3.05, 3.63) is 52.6 Å². The molecule has 30 heavy (non-hydrogen) atoms. The van der Waals surface area contributed by atoms with E-state index in [9.17, 15) is 9.59 Å². The molecule has 0 saturated heterocycles. The number of carbonyl (C=O) groups is 2. The van der Waals surface area contributed by atoms with Crippen LogP contribution in [0.15, 0.2) is 41.5 Å². The van der Waals surface area contributed by atoms with Gasteiger partial charge < -0.3 is 14.2 Å². The highest BCUT2D eigenvalue weighted by atomic mass is 16.5. The first kappa shape index (κ1) is 20.9. The molecule has 0 amide bonds. The van der Waals surface area contributed by atoms with E-state index in [0.29, 0.717) is 44.0 Å². The molecule has 160 valence electrons. The average Bonchev–Trinajstić information content (AvgIpc) is 3.12. The molecule has 0 bridgehead atoms. The van der Waals surface area contributed by atoms with Crippen LogP contribution in [-0.2, 0) is 19.7 Å². The van der Waals surface area contributed by atoms with Gasteiger partial charge in [0.15, 0.2) is 5.78 Å². The van der Waals surface area contributed by atoms with Crippen LogP contribution in [0.3, 0.4) is 0 Å². The molecule has 0 N–H and O–H groups in total. The molecule has 0 radical (unpaired) electrons. The van der Waals surface area contributed by atoms with E-state index in [-0.39, 0.29) is 23.1 Å². The number of cyclic esters (lactones) is 1. The highest BCUT2D eigenvalue weighted by Gasteiger charge is 2.51. The third-order valence-electron chi connectivity index (χ3n) is 6.74. The van der Waals surface area contributed by atoms with Gasteiger partial charge in [0, 0.05) is 29.9 Å². The van der Waals surface area contributed by atoms with Crippen LogP contribution >= 0.6 is 0 Å². The van der Waals surface area contributed by atoms with Crippen molar-refractivity contribution in [1.82, 2.24) is 0 Å². The molecule has 1 aromatic rings. The van der Waals surface area contributed by atoms with Gasteiger partial charge in [0.1, 0.15) is 19.0 Å². The molecule has 1 aromatic carbocycles. The molecule has 4 rings (SSSR count). The molecule has 2 atom stereocenters. The lowest BCUT2D eigenvalue weighted by molar-refractivity contribution is -0.136. The summed E-state index contributed by atoms with van der Waals surface area (Å²) in [7, 11) is 0. The van der Waals surface area contributed by atoms with Gasteiger partial charge in [-0.05, 0) is 42.5 Å². The Morgan fingerprint density at radius 2 is 2.07 bits per heavy atom. The van der Waals surface area contributed by atoms with Crippen LogP contribution in [0.5, 0.6) is 5.75 Å². The molecule has 0 spiro atoms. The largest absolute Gasteiger partial charge is 0.489 e. The number of hydrogen-bond donors (Lipinski definition) is 0. The van der Waals surface area contributed by atoms with E-state index >= 15 is 0 Å². The summed E-state index contributed by atoms with van der Waals surface area (Å²) in [5, 5.41) is 0. The van der Waals surface area contributed by atoms with Crippen LogP contribution in [0.25, 0.3) is 0 Å². The van der Waals surface area contributed by atoms with Crippen molar-refractivity contribution in [3.63, 3.8) is 0 Å². The number of esters is 1. The molecular formula is C25H30O5. The monoisotopic (exact) mass is 410 g/mol. The van der Waals surface area contributed by atoms with E-state index in [1.165, 1.54) is 0 Å². The first-order valence-electron chi connectivity index (χ1n) is 11.0. The van der Waals surface area contributed by atoms with Gasteiger partial charge in [-0.2, -0.15) is 0 Å². The number of carbonyl (C=O) groups excluding carboxylic acids is 2. The smallest absolute Gasteiger partial charge is 0.334 e. The molecular weight excluding hydrogens is 380 g/mol. The highest BCUT2D eigenvalue weighted by Crippen LogP contribution is 2.54. The minimum absolute atomic E-state index is 0.0307. The van der Waals surface area contributed by atoms with E-state index in [0.717, 1.165) is 42.6 Å². The lowest BCUT2D eigenvalue weighted by atomic mass is 9.56. The second-order valence-corrected chi connectivity index (χ2v) is 8.57. The minimum atomic E-state index is -0.201. The summed E-state index contributed by atoms with van der Waals surface area (Å²) in [6, 6.07) is 5.89. The zero-order valence-electron chi connectivity index (χ0n) is 17.9. The number of rotatable bonds is 8. The van der Waals surface area contributed by atoms with Gasteiger partial charge >= 0.3 is 5.97 Å². The number of hydrogen-bond acceptors (Lipinski definition) is 5. The molecule has 1 heterocycles. The molecule has 5 nitrogen and oxygen atoms in total. The van der Waals surface area contributed by atoms with Gasteiger partial charge in [-0.15, -0.1) is 0 Å². The van der Waals surface area contributed by atoms with Gasteiger partial charge in [-0.25, -0.2) is 4.79 Å². The number of benzene rings is 1. The standard InChI is InChI=1S/C25H30O5/c1-3-4-12-28-13-5-6-14-29-22-9-7-8-19-23(22)21(26)15-20-18-16-30-24(27)17(18)10-11-25(19,20)2/h5-9,20H,3-4,10-16H2,1-2H3/b6-5-/t20-,25+/m0/s1. The molecule has 0 saturated carbocycles. The fraction of sp³-hybridized carbons (Fsp3) is 0.520. The van der Waals surface area contributed by atoms with Gasteiger partial charge in [0.25, 0.3) is 0 Å². The Morgan fingerprint density at radius 3 is 2.90 bits per heavy atom. The van der Waals surface area contributed by atoms with E-state index < -0.39 is 0 Å². The molecule has 0 fully saturated rings. The number of ketones is 1. The van der Waals surface area contributed by atoms with Crippen LogP contribution in [0.1, 0.15) is 61.9 Å². The lowest BCUT2D eigenvalue weighted by Crippen LogP contribution is -2.43. The summed E-state index contributed by atoms with van der Waals surface area (Å²) in [4.78, 5) is 25.2. The van der Waals surface area contributed by atoms with E-state index in [2.05, 4.69) is 13.8 Å². The Bertz CT molecular complexity index is 897. The molecule has 0 aromatic heterocycles. The van der Waals surface area contributed by atoms with E-state index in [1.807, 2.05) is 30.4 Å². The van der Waals surface area contributed by atoms with Crippen molar-refractivity contribution < 1.29 is 23.8 Å². The molecule has 1 aliphatic heterocycles. The van der Waals surface area contributed by atoms with Crippen molar-refractivity contribution in [2.75, 3.05) is 26.4 Å². The maximum Gasteiger partial charge on any atom is 0.334 e. The zero-order chi connectivity index (χ0) is 21.1. The van der Waals surface area contributed by atoms with Crippen LogP contribution in [-0.4, -0.2) is 38.2 Å². The average molecular weight is 411 g/mol. The summed E-state index contributed by atoms with van der Waals surface area (Å²) in [6.07, 6.45) is 8.03. The Kier molecular flexibility index (Phi) is 6.09. The van der Waals surface area contributed by atoms with E-state index in [4.69, 9.17) is 14.2 Å². The van der Waals surface area contributed by atoms with Crippen LogP contribution in [0.2, 0.25) is 0 Å². The second-order valence-electron chi connectivity index (χ2n) is 8.57. The Balaban J connectivity index is 1.50. The maximum absolute atomic E-state index is 13.1. The fourth-order valence-electron chi connectivity index (χ4n) is 5.01. The topological polar surface area (TPSA) is 61.8 Å². The summed E-state index contributed by atoms with van der Waals surface area (Å²) >= 11 is 0. The normalized spacial score (nSPS) is 25.2. The minimum Gasteiger partial charge on any atom is -0.489 e. The van der Waals surface area contributed by atoms with Gasteiger partial charge in [0.2, 0.25) is 0 Å². The fourth-order valence-corrected chi connectivity index (χ4v) is 5.01. The summed E-state index contributed by atoms with van der Waals surface area (Å²) in [5.41, 5.74) is 3.40. The number of unbranched alkanes of at least 4 members (excludes halogenated alkanes) is 1. The Morgan fingerprint density at radius 1 is 1.23 bits per heavy atom. The van der Waals surface area contributed by atoms with E-state index in [1.54, 1.807) is 0 Å². The predicted octanol–water partition coefficient (Wildman–Crippen LogP) is 4.55. The number of ether oxygens (including phenoxy) is 3. The first-order chi connectivity index (χ1) is 14.6. The van der Waals surface area contributed by atoms with Gasteiger partial charge in [-0.1, -0.05) is 38.5 Å². The SMILES string of the molecule is CCCCOC/C=C\COc1cccc2c1C(=O)C[C@H]1C3=C(CC[C@]21C)C(=O)OC3. The first-order valence-corrected chi connectivity index (χ1v) is 11.0. The third kappa shape index (κ3) is 3.71.